The Balaban J connectivity index is 2.47. The van der Waals surface area contributed by atoms with E-state index in [0.717, 1.165) is 15.6 Å². The summed E-state index contributed by atoms with van der Waals surface area (Å²) in [5.74, 6) is 0.610. The van der Waals surface area contributed by atoms with Crippen LogP contribution in [0.15, 0.2) is 10.5 Å². The predicted octanol–water partition coefficient (Wildman–Crippen LogP) is 7.42. The van der Waals surface area contributed by atoms with Crippen LogP contribution in [0.2, 0.25) is 36.3 Å². The van der Waals surface area contributed by atoms with Crippen LogP contribution in [-0.4, -0.2) is 41.2 Å². The molecular formula is C24H41BrO4Si2. The van der Waals surface area contributed by atoms with Crippen molar-refractivity contribution in [3.05, 3.63) is 27.2 Å². The van der Waals surface area contributed by atoms with Crippen molar-refractivity contribution >= 4 is 38.3 Å². The van der Waals surface area contributed by atoms with E-state index >= 15 is 0 Å². The smallest absolute Gasteiger partial charge is 0.215 e. The molecule has 0 aromatic heterocycles. The summed E-state index contributed by atoms with van der Waals surface area (Å²) in [4.78, 5) is 13.9. The van der Waals surface area contributed by atoms with Gasteiger partial charge in [0.1, 0.15) is 5.75 Å². The molecule has 176 valence electrons. The third-order valence-corrected chi connectivity index (χ3v) is 17.7. The fraction of sp³-hybridized carbons (Fsp3) is 0.708. The second kappa shape index (κ2) is 8.38. The molecule has 0 unspecified atom stereocenters. The van der Waals surface area contributed by atoms with Crippen molar-refractivity contribution in [1.29, 1.82) is 0 Å². The molecule has 0 bridgehead atoms. The Hall–Kier alpha value is -0.476. The summed E-state index contributed by atoms with van der Waals surface area (Å²) in [6, 6.07) is 1.95. The number of aryl methyl sites for hydroxylation is 1. The van der Waals surface area contributed by atoms with Crippen LogP contribution in [0.5, 0.6) is 5.75 Å². The Morgan fingerprint density at radius 2 is 1.35 bits per heavy atom. The summed E-state index contributed by atoms with van der Waals surface area (Å²) < 4.78 is 20.5. The summed E-state index contributed by atoms with van der Waals surface area (Å²) in [5.41, 5.74) is 1.47. The fourth-order valence-corrected chi connectivity index (χ4v) is 5.40. The van der Waals surface area contributed by atoms with E-state index in [2.05, 4.69) is 83.7 Å². The lowest BCUT2D eigenvalue weighted by Crippen LogP contribution is -2.56. The molecule has 1 aliphatic rings. The minimum Gasteiger partial charge on any atom is -0.474 e. The summed E-state index contributed by atoms with van der Waals surface area (Å²) in [6.45, 7) is 26.4. The SMILES string of the molecule is Cc1cc2c(c(C)c1Br)C(=O)C(CO[Si](C)(C)C(C)(C)C)(CO[Si](C)(C)C(C)(C)C)O2. The number of halogens is 1. The van der Waals surface area contributed by atoms with Crippen LogP contribution in [0.1, 0.15) is 63.0 Å². The molecule has 0 saturated carbocycles. The molecule has 1 heterocycles. The molecule has 1 aliphatic heterocycles. The fourth-order valence-electron chi connectivity index (χ4n) is 3.03. The van der Waals surface area contributed by atoms with Gasteiger partial charge < -0.3 is 13.6 Å². The maximum atomic E-state index is 13.9. The van der Waals surface area contributed by atoms with Gasteiger partial charge in [0.05, 0.1) is 18.8 Å². The van der Waals surface area contributed by atoms with E-state index in [1.165, 1.54) is 0 Å². The number of Topliss-reactive ketones (excluding diaryl/α,β-unsaturated/α-hetero) is 1. The minimum absolute atomic E-state index is 0.0295. The molecule has 0 atom stereocenters. The first kappa shape index (κ1) is 26.8. The number of carbonyl (C=O) groups excluding carboxylic acids is 1. The zero-order valence-electron chi connectivity index (χ0n) is 21.5. The molecule has 31 heavy (non-hydrogen) atoms. The van der Waals surface area contributed by atoms with Crippen LogP contribution in [0.4, 0.5) is 0 Å². The molecule has 0 spiro atoms. The summed E-state index contributed by atoms with van der Waals surface area (Å²) >= 11 is 3.63. The van der Waals surface area contributed by atoms with E-state index in [9.17, 15) is 4.79 Å². The Bertz CT molecular complexity index is 834. The van der Waals surface area contributed by atoms with E-state index in [1.54, 1.807) is 0 Å². The maximum Gasteiger partial charge on any atom is 0.215 e. The van der Waals surface area contributed by atoms with Crippen molar-refractivity contribution in [1.82, 2.24) is 0 Å². The lowest BCUT2D eigenvalue weighted by molar-refractivity contribution is 0.000272. The number of hydrogen-bond acceptors (Lipinski definition) is 4. The lowest BCUT2D eigenvalue weighted by Gasteiger charge is -2.41. The molecule has 0 aliphatic carbocycles. The molecular weight excluding hydrogens is 488 g/mol. The van der Waals surface area contributed by atoms with Gasteiger partial charge in [-0.15, -0.1) is 0 Å². The number of benzene rings is 1. The van der Waals surface area contributed by atoms with Gasteiger partial charge in [0.15, 0.2) is 16.6 Å². The maximum absolute atomic E-state index is 13.9. The first-order valence-electron chi connectivity index (χ1n) is 11.1. The highest BCUT2D eigenvalue weighted by molar-refractivity contribution is 9.10. The number of fused-ring (bicyclic) bond motifs is 1. The molecule has 2 rings (SSSR count). The second-order valence-electron chi connectivity index (χ2n) is 12.0. The zero-order valence-corrected chi connectivity index (χ0v) is 25.1. The Morgan fingerprint density at radius 1 is 0.935 bits per heavy atom. The Morgan fingerprint density at radius 3 is 1.74 bits per heavy atom. The van der Waals surface area contributed by atoms with Crippen molar-refractivity contribution in [2.45, 2.75) is 97.3 Å². The molecule has 1 aromatic carbocycles. The molecule has 1 aromatic rings. The van der Waals surface area contributed by atoms with Crippen LogP contribution in [-0.2, 0) is 8.85 Å². The third-order valence-electron chi connectivity index (χ3n) is 7.54. The number of rotatable bonds is 6. The number of carbonyl (C=O) groups is 1. The van der Waals surface area contributed by atoms with Crippen LogP contribution >= 0.6 is 15.9 Å². The van der Waals surface area contributed by atoms with Gasteiger partial charge >= 0.3 is 0 Å². The minimum atomic E-state index is -2.09. The van der Waals surface area contributed by atoms with Crippen molar-refractivity contribution < 1.29 is 18.4 Å². The second-order valence-corrected chi connectivity index (χ2v) is 22.4. The van der Waals surface area contributed by atoms with Gasteiger partial charge in [0, 0.05) is 4.47 Å². The van der Waals surface area contributed by atoms with E-state index in [1.807, 2.05) is 19.9 Å². The average molecular weight is 530 g/mol. The molecule has 0 radical (unpaired) electrons. The van der Waals surface area contributed by atoms with E-state index in [0.29, 0.717) is 11.3 Å². The number of ether oxygens (including phenoxy) is 1. The van der Waals surface area contributed by atoms with Gasteiger partial charge in [-0.25, -0.2) is 0 Å². The summed E-state index contributed by atoms with van der Waals surface area (Å²) in [5, 5.41) is 0.0804. The average Bonchev–Trinajstić information content (AvgIpc) is 2.87. The van der Waals surface area contributed by atoms with Crippen LogP contribution < -0.4 is 4.74 Å². The van der Waals surface area contributed by atoms with E-state index < -0.39 is 22.2 Å². The monoisotopic (exact) mass is 528 g/mol. The predicted molar refractivity (Wildman–Crippen MR) is 138 cm³/mol. The quantitative estimate of drug-likeness (QED) is 0.360. The number of ketones is 1. The van der Waals surface area contributed by atoms with Gasteiger partial charge in [0.25, 0.3) is 0 Å². The standard InChI is InChI=1S/C24H41BrO4Si2/c1-16-13-18-19(17(2)20(16)25)21(26)24(29-18,14-27-30(9,10)22(3,4)5)15-28-31(11,12)23(6,7)8/h13H,14-15H2,1-12H3. The summed E-state index contributed by atoms with van der Waals surface area (Å²) in [6.07, 6.45) is 0. The molecule has 0 fully saturated rings. The van der Waals surface area contributed by atoms with Crippen molar-refractivity contribution in [3.63, 3.8) is 0 Å². The highest BCUT2D eigenvalue weighted by atomic mass is 79.9. The van der Waals surface area contributed by atoms with Gasteiger partial charge in [-0.05, 0) is 67.3 Å². The van der Waals surface area contributed by atoms with Gasteiger partial charge in [-0.1, -0.05) is 57.5 Å². The molecule has 7 heteroatoms. The van der Waals surface area contributed by atoms with Crippen LogP contribution in [0, 0.1) is 13.8 Å². The van der Waals surface area contributed by atoms with Gasteiger partial charge in [-0.3, -0.25) is 4.79 Å². The Kier molecular flexibility index (Phi) is 7.24. The highest BCUT2D eigenvalue weighted by Gasteiger charge is 2.53. The first-order valence-corrected chi connectivity index (χ1v) is 17.7. The first-order chi connectivity index (χ1) is 13.8. The molecule has 0 N–H and O–H groups in total. The van der Waals surface area contributed by atoms with E-state index in [-0.39, 0.29) is 29.1 Å². The van der Waals surface area contributed by atoms with Gasteiger partial charge in [-0.2, -0.15) is 0 Å². The third kappa shape index (κ3) is 5.05. The highest BCUT2D eigenvalue weighted by Crippen LogP contribution is 2.45. The Labute approximate surface area is 199 Å². The molecule has 4 nitrogen and oxygen atoms in total. The molecule has 0 amide bonds. The summed E-state index contributed by atoms with van der Waals surface area (Å²) in [7, 11) is -4.17. The van der Waals surface area contributed by atoms with Crippen molar-refractivity contribution in [3.8, 4) is 5.75 Å². The number of hydrogen-bond donors (Lipinski definition) is 0. The normalized spacial score (nSPS) is 17.0. The van der Waals surface area contributed by atoms with Crippen LogP contribution in [0.3, 0.4) is 0 Å². The van der Waals surface area contributed by atoms with Crippen molar-refractivity contribution in [2.24, 2.45) is 0 Å². The zero-order chi connectivity index (χ0) is 24.2. The largest absolute Gasteiger partial charge is 0.474 e. The topological polar surface area (TPSA) is 44.8 Å². The van der Waals surface area contributed by atoms with E-state index in [4.69, 9.17) is 13.6 Å². The molecule has 0 saturated heterocycles. The lowest BCUT2D eigenvalue weighted by atomic mass is 9.93. The van der Waals surface area contributed by atoms with Crippen molar-refractivity contribution in [2.75, 3.05) is 13.2 Å². The van der Waals surface area contributed by atoms with Crippen LogP contribution in [0.25, 0.3) is 0 Å². The van der Waals surface area contributed by atoms with Gasteiger partial charge in [0.2, 0.25) is 11.4 Å².